The van der Waals surface area contributed by atoms with Crippen molar-refractivity contribution >= 4 is 0 Å². The molecule has 0 bridgehead atoms. The molecule has 3 heteroatoms. The topological polar surface area (TPSA) is 30.5 Å². The van der Waals surface area contributed by atoms with Gasteiger partial charge >= 0.3 is 0 Å². The van der Waals surface area contributed by atoms with Crippen molar-refractivity contribution in [1.29, 1.82) is 0 Å². The van der Waals surface area contributed by atoms with E-state index in [0.717, 1.165) is 36.4 Å². The van der Waals surface area contributed by atoms with Crippen molar-refractivity contribution in [3.8, 4) is 11.5 Å². The summed E-state index contributed by atoms with van der Waals surface area (Å²) in [6.07, 6.45) is 7.00. The van der Waals surface area contributed by atoms with Crippen molar-refractivity contribution in [3.05, 3.63) is 23.8 Å². The van der Waals surface area contributed by atoms with Crippen LogP contribution in [0.25, 0.3) is 0 Å². The lowest BCUT2D eigenvalue weighted by molar-refractivity contribution is 0.174. The summed E-state index contributed by atoms with van der Waals surface area (Å²) in [4.78, 5) is 0. The largest absolute Gasteiger partial charge is 0.454 e. The third-order valence-corrected chi connectivity index (χ3v) is 4.74. The van der Waals surface area contributed by atoms with Crippen LogP contribution in [-0.4, -0.2) is 13.3 Å². The summed E-state index contributed by atoms with van der Waals surface area (Å²) in [5.74, 6) is 3.60. The number of rotatable bonds is 5. The van der Waals surface area contributed by atoms with Crippen molar-refractivity contribution in [1.82, 2.24) is 5.32 Å². The maximum Gasteiger partial charge on any atom is 0.231 e. The van der Waals surface area contributed by atoms with Crippen LogP contribution >= 0.6 is 0 Å². The van der Waals surface area contributed by atoms with Gasteiger partial charge in [0, 0.05) is 6.54 Å². The molecule has 1 aliphatic carbocycles. The van der Waals surface area contributed by atoms with Crippen LogP contribution in [0.5, 0.6) is 11.5 Å². The molecule has 0 saturated heterocycles. The molecule has 1 saturated carbocycles. The Balaban J connectivity index is 1.42. The first-order valence-corrected chi connectivity index (χ1v) is 7.94. The van der Waals surface area contributed by atoms with Crippen LogP contribution in [0.4, 0.5) is 0 Å². The Bertz CT molecular complexity index is 439. The zero-order valence-electron chi connectivity index (χ0n) is 12.4. The van der Waals surface area contributed by atoms with Crippen LogP contribution < -0.4 is 14.8 Å². The van der Waals surface area contributed by atoms with Crippen LogP contribution in [0.2, 0.25) is 0 Å². The lowest BCUT2D eigenvalue weighted by atomic mass is 9.81. The lowest BCUT2D eigenvalue weighted by Crippen LogP contribution is -2.26. The molecule has 0 atom stereocenters. The molecule has 0 aromatic heterocycles. The van der Waals surface area contributed by atoms with Gasteiger partial charge < -0.3 is 14.8 Å². The Morgan fingerprint density at radius 1 is 1.05 bits per heavy atom. The zero-order chi connectivity index (χ0) is 13.8. The second kappa shape index (κ2) is 6.49. The summed E-state index contributed by atoms with van der Waals surface area (Å²) in [6, 6.07) is 6.21. The van der Waals surface area contributed by atoms with Crippen LogP contribution in [0.1, 0.15) is 44.6 Å². The second-order valence-corrected chi connectivity index (χ2v) is 6.11. The van der Waals surface area contributed by atoms with Gasteiger partial charge in [-0.3, -0.25) is 0 Å². The second-order valence-electron chi connectivity index (χ2n) is 6.11. The average molecular weight is 275 g/mol. The fourth-order valence-corrected chi connectivity index (χ4v) is 3.32. The van der Waals surface area contributed by atoms with Gasteiger partial charge in [0.15, 0.2) is 11.5 Å². The monoisotopic (exact) mass is 275 g/mol. The van der Waals surface area contributed by atoms with E-state index in [1.807, 2.05) is 6.07 Å². The molecule has 0 radical (unpaired) electrons. The molecule has 1 heterocycles. The van der Waals surface area contributed by atoms with Gasteiger partial charge in [-0.2, -0.15) is 0 Å². The van der Waals surface area contributed by atoms with Crippen molar-refractivity contribution in [2.24, 2.45) is 11.8 Å². The standard InChI is InChI=1S/C17H25NO2/c1-2-13-3-5-14(6-4-13)10-18-11-15-7-8-16-17(9-15)20-12-19-16/h7-9,13-14,18H,2-6,10-12H2,1H3. The van der Waals surface area contributed by atoms with Crippen molar-refractivity contribution < 1.29 is 9.47 Å². The normalized spacial score (nSPS) is 24.9. The van der Waals surface area contributed by atoms with Crippen LogP contribution in [0, 0.1) is 11.8 Å². The summed E-state index contributed by atoms with van der Waals surface area (Å²) < 4.78 is 10.7. The van der Waals surface area contributed by atoms with Gasteiger partial charge in [-0.25, -0.2) is 0 Å². The molecule has 0 unspecified atom stereocenters. The highest BCUT2D eigenvalue weighted by molar-refractivity contribution is 5.44. The molecular formula is C17H25NO2. The smallest absolute Gasteiger partial charge is 0.231 e. The van der Waals surface area contributed by atoms with E-state index < -0.39 is 0 Å². The molecule has 3 nitrogen and oxygen atoms in total. The number of hydrogen-bond acceptors (Lipinski definition) is 3. The predicted octanol–water partition coefficient (Wildman–Crippen LogP) is 3.72. The molecule has 0 spiro atoms. The highest BCUT2D eigenvalue weighted by Gasteiger charge is 2.19. The lowest BCUT2D eigenvalue weighted by Gasteiger charge is -2.27. The minimum atomic E-state index is 0.354. The van der Waals surface area contributed by atoms with Crippen molar-refractivity contribution in [3.63, 3.8) is 0 Å². The van der Waals surface area contributed by atoms with E-state index in [2.05, 4.69) is 24.4 Å². The van der Waals surface area contributed by atoms with E-state index in [9.17, 15) is 0 Å². The summed E-state index contributed by atoms with van der Waals surface area (Å²) in [5.41, 5.74) is 1.27. The predicted molar refractivity (Wildman–Crippen MR) is 80.0 cm³/mol. The zero-order valence-corrected chi connectivity index (χ0v) is 12.4. The third kappa shape index (κ3) is 3.26. The van der Waals surface area contributed by atoms with Gasteiger partial charge in [-0.15, -0.1) is 0 Å². The fraction of sp³-hybridized carbons (Fsp3) is 0.647. The van der Waals surface area contributed by atoms with E-state index in [-0.39, 0.29) is 0 Å². The maximum atomic E-state index is 5.41. The van der Waals surface area contributed by atoms with Gasteiger partial charge in [0.1, 0.15) is 0 Å². The van der Waals surface area contributed by atoms with Crippen molar-refractivity contribution in [2.75, 3.05) is 13.3 Å². The quantitative estimate of drug-likeness (QED) is 0.888. The summed E-state index contributed by atoms with van der Waals surface area (Å²) in [5, 5.41) is 3.60. The molecule has 1 fully saturated rings. The van der Waals surface area contributed by atoms with Crippen LogP contribution in [-0.2, 0) is 6.54 Å². The minimum absolute atomic E-state index is 0.354. The molecule has 2 aliphatic rings. The van der Waals surface area contributed by atoms with Gasteiger partial charge in [0.05, 0.1) is 0 Å². The third-order valence-electron chi connectivity index (χ3n) is 4.74. The average Bonchev–Trinajstić information content (AvgIpc) is 2.95. The first kappa shape index (κ1) is 13.7. The SMILES string of the molecule is CCC1CCC(CNCc2ccc3c(c2)OCO3)CC1. The Morgan fingerprint density at radius 2 is 1.80 bits per heavy atom. The Morgan fingerprint density at radius 3 is 2.60 bits per heavy atom. The van der Waals surface area contributed by atoms with Gasteiger partial charge in [0.2, 0.25) is 6.79 Å². The van der Waals surface area contributed by atoms with E-state index in [0.29, 0.717) is 6.79 Å². The van der Waals surface area contributed by atoms with Gasteiger partial charge in [-0.1, -0.05) is 32.3 Å². The molecular weight excluding hydrogens is 250 g/mol. The van der Waals surface area contributed by atoms with Crippen molar-refractivity contribution in [2.45, 2.75) is 45.6 Å². The number of ether oxygens (including phenoxy) is 2. The van der Waals surface area contributed by atoms with Gasteiger partial charge in [0.25, 0.3) is 0 Å². The maximum absolute atomic E-state index is 5.41. The first-order valence-electron chi connectivity index (χ1n) is 7.94. The first-order chi connectivity index (χ1) is 9.85. The Hall–Kier alpha value is -1.22. The summed E-state index contributed by atoms with van der Waals surface area (Å²) >= 11 is 0. The number of hydrogen-bond donors (Lipinski definition) is 1. The molecule has 1 N–H and O–H groups in total. The molecule has 0 amide bonds. The van der Waals surface area contributed by atoms with Crippen LogP contribution in [0.3, 0.4) is 0 Å². The van der Waals surface area contributed by atoms with Gasteiger partial charge in [-0.05, 0) is 48.9 Å². The number of benzene rings is 1. The molecule has 110 valence electrons. The highest BCUT2D eigenvalue weighted by Crippen LogP contribution is 2.33. The Labute approximate surface area is 121 Å². The fourth-order valence-electron chi connectivity index (χ4n) is 3.32. The number of nitrogens with one attached hydrogen (secondary N) is 1. The highest BCUT2D eigenvalue weighted by atomic mass is 16.7. The van der Waals surface area contributed by atoms with E-state index in [1.165, 1.54) is 37.7 Å². The summed E-state index contributed by atoms with van der Waals surface area (Å²) in [7, 11) is 0. The van der Waals surface area contributed by atoms with E-state index in [4.69, 9.17) is 9.47 Å². The minimum Gasteiger partial charge on any atom is -0.454 e. The van der Waals surface area contributed by atoms with E-state index >= 15 is 0 Å². The molecule has 1 aliphatic heterocycles. The summed E-state index contributed by atoms with van der Waals surface area (Å²) in [6.45, 7) is 4.74. The Kier molecular flexibility index (Phi) is 4.46. The van der Waals surface area contributed by atoms with Crippen LogP contribution in [0.15, 0.2) is 18.2 Å². The molecule has 20 heavy (non-hydrogen) atoms. The van der Waals surface area contributed by atoms with E-state index in [1.54, 1.807) is 0 Å². The molecule has 1 aromatic rings. The number of fused-ring (bicyclic) bond motifs is 1. The molecule has 3 rings (SSSR count). The molecule has 1 aromatic carbocycles.